The number of nitrogens with zero attached hydrogens (tertiary/aromatic N) is 1. The summed E-state index contributed by atoms with van der Waals surface area (Å²) in [5.41, 5.74) is 0.968. The van der Waals surface area contributed by atoms with E-state index in [-0.39, 0.29) is 5.82 Å². The molecule has 1 fully saturated rings. The van der Waals surface area contributed by atoms with Crippen LogP contribution in [0.3, 0.4) is 0 Å². The van der Waals surface area contributed by atoms with Gasteiger partial charge in [-0.2, -0.15) is 0 Å². The highest BCUT2D eigenvalue weighted by atomic mass is 19.1. The molecule has 2 nitrogen and oxygen atoms in total. The maximum Gasteiger partial charge on any atom is 0.125 e. The van der Waals surface area contributed by atoms with Gasteiger partial charge in [-0.15, -0.1) is 0 Å². The van der Waals surface area contributed by atoms with E-state index < -0.39 is 0 Å². The van der Waals surface area contributed by atoms with Gasteiger partial charge in [0.25, 0.3) is 0 Å². The average molecular weight is 250 g/mol. The molecule has 1 N–H and O–H groups in total. The van der Waals surface area contributed by atoms with E-state index in [0.29, 0.717) is 12.0 Å². The molecule has 0 aromatic heterocycles. The van der Waals surface area contributed by atoms with Gasteiger partial charge in [0, 0.05) is 25.3 Å². The Morgan fingerprint density at radius 1 is 1.33 bits per heavy atom. The lowest BCUT2D eigenvalue weighted by molar-refractivity contribution is 0.278. The first-order valence-corrected chi connectivity index (χ1v) is 6.84. The van der Waals surface area contributed by atoms with Crippen LogP contribution in [0.25, 0.3) is 0 Å². The topological polar surface area (TPSA) is 15.3 Å². The van der Waals surface area contributed by atoms with Crippen molar-refractivity contribution in [1.82, 2.24) is 5.32 Å². The number of hydrogen-bond acceptors (Lipinski definition) is 2. The molecular formula is C15H23FN2. The molecule has 100 valence electrons. The number of rotatable bonds is 4. The van der Waals surface area contributed by atoms with E-state index in [4.69, 9.17) is 0 Å². The first kappa shape index (κ1) is 13.3. The summed E-state index contributed by atoms with van der Waals surface area (Å²) >= 11 is 0. The van der Waals surface area contributed by atoms with E-state index in [1.165, 1.54) is 31.7 Å². The molecule has 0 aliphatic heterocycles. The second-order valence-electron chi connectivity index (χ2n) is 5.30. The predicted molar refractivity (Wildman–Crippen MR) is 74.5 cm³/mol. The molecule has 1 aliphatic rings. The molecule has 0 saturated heterocycles. The van der Waals surface area contributed by atoms with Gasteiger partial charge in [0.15, 0.2) is 0 Å². The number of benzene rings is 1. The van der Waals surface area contributed by atoms with Crippen molar-refractivity contribution in [3.63, 3.8) is 0 Å². The maximum absolute atomic E-state index is 13.2. The van der Waals surface area contributed by atoms with Gasteiger partial charge in [-0.1, -0.05) is 18.9 Å². The Morgan fingerprint density at radius 2 is 2.11 bits per heavy atom. The summed E-state index contributed by atoms with van der Waals surface area (Å²) in [6, 6.07) is 7.46. The molecule has 1 aromatic carbocycles. The van der Waals surface area contributed by atoms with Crippen LogP contribution in [-0.4, -0.2) is 26.7 Å². The SMILES string of the molecule is CNC1CCCCC1CN(C)c1cccc(F)c1. The zero-order valence-corrected chi connectivity index (χ0v) is 11.3. The van der Waals surface area contributed by atoms with Crippen LogP contribution in [0.5, 0.6) is 0 Å². The Bertz CT molecular complexity index is 381. The predicted octanol–water partition coefficient (Wildman–Crippen LogP) is 3.04. The summed E-state index contributed by atoms with van der Waals surface area (Å²) in [6.07, 6.45) is 5.18. The molecule has 1 saturated carbocycles. The van der Waals surface area contributed by atoms with Crippen LogP contribution in [0.4, 0.5) is 10.1 Å². The largest absolute Gasteiger partial charge is 0.374 e. The molecule has 0 heterocycles. The number of nitrogens with one attached hydrogen (secondary N) is 1. The van der Waals surface area contributed by atoms with Crippen molar-refractivity contribution in [3.05, 3.63) is 30.1 Å². The van der Waals surface area contributed by atoms with E-state index in [1.807, 2.05) is 13.1 Å². The van der Waals surface area contributed by atoms with Crippen molar-refractivity contribution >= 4 is 5.69 Å². The van der Waals surface area contributed by atoms with Gasteiger partial charge >= 0.3 is 0 Å². The minimum Gasteiger partial charge on any atom is -0.374 e. The Kier molecular flexibility index (Phi) is 4.59. The molecule has 0 radical (unpaired) electrons. The lowest BCUT2D eigenvalue weighted by Gasteiger charge is -2.34. The fourth-order valence-corrected chi connectivity index (χ4v) is 2.98. The van der Waals surface area contributed by atoms with Crippen LogP contribution < -0.4 is 10.2 Å². The summed E-state index contributed by atoms with van der Waals surface area (Å²) < 4.78 is 13.2. The van der Waals surface area contributed by atoms with Crippen LogP contribution in [-0.2, 0) is 0 Å². The van der Waals surface area contributed by atoms with Crippen molar-refractivity contribution in [2.45, 2.75) is 31.7 Å². The van der Waals surface area contributed by atoms with Gasteiger partial charge in [-0.3, -0.25) is 0 Å². The molecule has 2 unspecified atom stereocenters. The van der Waals surface area contributed by atoms with Crippen molar-refractivity contribution in [2.24, 2.45) is 5.92 Å². The standard InChI is InChI=1S/C15H23FN2/c1-17-15-9-4-3-6-12(15)11-18(2)14-8-5-7-13(16)10-14/h5,7-8,10,12,15,17H,3-4,6,9,11H2,1-2H3. The number of halogens is 1. The highest BCUT2D eigenvalue weighted by Gasteiger charge is 2.24. The third-order valence-electron chi connectivity index (χ3n) is 4.04. The summed E-state index contributed by atoms with van der Waals surface area (Å²) in [6.45, 7) is 0.995. The minimum absolute atomic E-state index is 0.159. The molecule has 0 bridgehead atoms. The molecule has 3 heteroatoms. The molecule has 1 aliphatic carbocycles. The third kappa shape index (κ3) is 3.22. The van der Waals surface area contributed by atoms with E-state index in [2.05, 4.69) is 17.3 Å². The maximum atomic E-state index is 13.2. The Morgan fingerprint density at radius 3 is 2.83 bits per heavy atom. The molecular weight excluding hydrogens is 227 g/mol. The quantitative estimate of drug-likeness (QED) is 0.883. The Balaban J connectivity index is 1.99. The van der Waals surface area contributed by atoms with Crippen molar-refractivity contribution in [1.29, 1.82) is 0 Å². The molecule has 0 spiro atoms. The van der Waals surface area contributed by atoms with Crippen LogP contribution >= 0.6 is 0 Å². The summed E-state index contributed by atoms with van der Waals surface area (Å²) in [5, 5.41) is 3.42. The fourth-order valence-electron chi connectivity index (χ4n) is 2.98. The highest BCUT2D eigenvalue weighted by Crippen LogP contribution is 2.26. The normalized spacial score (nSPS) is 23.9. The van der Waals surface area contributed by atoms with Crippen molar-refractivity contribution in [2.75, 3.05) is 25.5 Å². The van der Waals surface area contributed by atoms with Gasteiger partial charge in [-0.05, 0) is 44.0 Å². The van der Waals surface area contributed by atoms with Crippen molar-refractivity contribution < 1.29 is 4.39 Å². The second-order valence-corrected chi connectivity index (χ2v) is 5.30. The molecule has 1 aromatic rings. The summed E-state index contributed by atoms with van der Waals surface area (Å²) in [7, 11) is 4.10. The summed E-state index contributed by atoms with van der Waals surface area (Å²) in [5.74, 6) is 0.505. The highest BCUT2D eigenvalue weighted by molar-refractivity contribution is 5.45. The summed E-state index contributed by atoms with van der Waals surface area (Å²) in [4.78, 5) is 2.17. The molecule has 18 heavy (non-hydrogen) atoms. The second kappa shape index (κ2) is 6.19. The van der Waals surface area contributed by atoms with E-state index >= 15 is 0 Å². The van der Waals surface area contributed by atoms with Gasteiger partial charge in [0.1, 0.15) is 5.82 Å². The third-order valence-corrected chi connectivity index (χ3v) is 4.04. The van der Waals surface area contributed by atoms with Crippen LogP contribution in [0.1, 0.15) is 25.7 Å². The first-order valence-electron chi connectivity index (χ1n) is 6.84. The smallest absolute Gasteiger partial charge is 0.125 e. The van der Waals surface area contributed by atoms with Crippen LogP contribution in [0, 0.1) is 11.7 Å². The fraction of sp³-hybridized carbons (Fsp3) is 0.600. The molecule has 0 amide bonds. The Labute approximate surface area is 109 Å². The van der Waals surface area contributed by atoms with Gasteiger partial charge < -0.3 is 10.2 Å². The lowest BCUT2D eigenvalue weighted by atomic mass is 9.84. The van der Waals surface area contributed by atoms with E-state index in [0.717, 1.165) is 12.2 Å². The average Bonchev–Trinajstić information content (AvgIpc) is 2.39. The zero-order valence-electron chi connectivity index (χ0n) is 11.3. The van der Waals surface area contributed by atoms with Crippen LogP contribution in [0.15, 0.2) is 24.3 Å². The van der Waals surface area contributed by atoms with Gasteiger partial charge in [-0.25, -0.2) is 4.39 Å². The van der Waals surface area contributed by atoms with Gasteiger partial charge in [0.05, 0.1) is 0 Å². The molecule has 2 atom stereocenters. The molecule has 2 rings (SSSR count). The van der Waals surface area contributed by atoms with E-state index in [9.17, 15) is 4.39 Å². The van der Waals surface area contributed by atoms with Crippen molar-refractivity contribution in [3.8, 4) is 0 Å². The number of hydrogen-bond donors (Lipinski definition) is 1. The zero-order chi connectivity index (χ0) is 13.0. The first-order chi connectivity index (χ1) is 8.70. The number of anilines is 1. The lowest BCUT2D eigenvalue weighted by Crippen LogP contribution is -2.42. The van der Waals surface area contributed by atoms with Gasteiger partial charge in [0.2, 0.25) is 0 Å². The Hall–Kier alpha value is -1.09. The minimum atomic E-state index is -0.159. The van der Waals surface area contributed by atoms with Crippen LogP contribution in [0.2, 0.25) is 0 Å². The monoisotopic (exact) mass is 250 g/mol. The van der Waals surface area contributed by atoms with E-state index in [1.54, 1.807) is 12.1 Å².